The fourth-order valence-corrected chi connectivity index (χ4v) is 3.31. The third-order valence-corrected chi connectivity index (χ3v) is 4.66. The van der Waals surface area contributed by atoms with E-state index >= 15 is 0 Å². The van der Waals surface area contributed by atoms with Gasteiger partial charge in [-0.3, -0.25) is 4.90 Å². The van der Waals surface area contributed by atoms with Crippen molar-refractivity contribution in [2.75, 3.05) is 7.05 Å². The molecule has 0 amide bonds. The molecule has 108 valence electrons. The highest BCUT2D eigenvalue weighted by Gasteiger charge is 2.33. The largest absolute Gasteiger partial charge is 0.468 e. The van der Waals surface area contributed by atoms with Crippen LogP contribution in [0.5, 0.6) is 0 Å². The van der Waals surface area contributed by atoms with Gasteiger partial charge in [-0.15, -0.1) is 0 Å². The molecule has 0 spiro atoms. The summed E-state index contributed by atoms with van der Waals surface area (Å²) in [5.74, 6) is 0.988. The third-order valence-electron chi connectivity index (χ3n) is 4.66. The van der Waals surface area contributed by atoms with Crippen molar-refractivity contribution >= 4 is 0 Å². The fourth-order valence-electron chi connectivity index (χ4n) is 3.31. The maximum Gasteiger partial charge on any atom is 0.122 e. The van der Waals surface area contributed by atoms with Crippen molar-refractivity contribution in [3.63, 3.8) is 0 Å². The molecule has 0 bridgehead atoms. The Morgan fingerprint density at radius 2 is 2.00 bits per heavy atom. The highest BCUT2D eigenvalue weighted by molar-refractivity contribution is 5.08. The first kappa shape index (κ1) is 14.6. The van der Waals surface area contributed by atoms with Gasteiger partial charge in [0.15, 0.2) is 0 Å². The van der Waals surface area contributed by atoms with E-state index in [1.165, 1.54) is 25.7 Å². The Morgan fingerprint density at radius 1 is 1.37 bits per heavy atom. The van der Waals surface area contributed by atoms with Crippen LogP contribution in [0.15, 0.2) is 22.8 Å². The van der Waals surface area contributed by atoms with E-state index in [2.05, 4.69) is 32.7 Å². The lowest BCUT2D eigenvalue weighted by molar-refractivity contribution is 0.0763. The molecule has 1 fully saturated rings. The van der Waals surface area contributed by atoms with Gasteiger partial charge in [-0.05, 0) is 57.2 Å². The summed E-state index contributed by atoms with van der Waals surface area (Å²) in [6.07, 6.45) is 6.85. The third kappa shape index (κ3) is 3.40. The molecule has 1 aliphatic carbocycles. The van der Waals surface area contributed by atoms with Crippen LogP contribution in [0.1, 0.15) is 58.3 Å². The normalized spacial score (nSPS) is 23.5. The van der Waals surface area contributed by atoms with E-state index in [0.29, 0.717) is 11.5 Å². The first-order chi connectivity index (χ1) is 8.91. The van der Waals surface area contributed by atoms with Gasteiger partial charge in [-0.2, -0.15) is 0 Å². The minimum Gasteiger partial charge on any atom is -0.468 e. The summed E-state index contributed by atoms with van der Waals surface area (Å²) >= 11 is 0. The average Bonchev–Trinajstić information content (AvgIpc) is 2.82. The van der Waals surface area contributed by atoms with Gasteiger partial charge in [-0.1, -0.05) is 13.8 Å². The molecule has 19 heavy (non-hydrogen) atoms. The molecule has 2 atom stereocenters. The molecule has 0 radical (unpaired) electrons. The smallest absolute Gasteiger partial charge is 0.122 e. The molecule has 2 N–H and O–H groups in total. The van der Waals surface area contributed by atoms with Gasteiger partial charge in [0.05, 0.1) is 12.3 Å². The number of hydrogen-bond donors (Lipinski definition) is 1. The zero-order chi connectivity index (χ0) is 14.0. The quantitative estimate of drug-likeness (QED) is 0.904. The lowest BCUT2D eigenvalue weighted by Crippen LogP contribution is -2.44. The Kier molecular flexibility index (Phi) is 4.36. The molecule has 1 aromatic heterocycles. The Labute approximate surface area is 117 Å². The first-order valence-electron chi connectivity index (χ1n) is 7.42. The molecule has 1 aromatic rings. The predicted molar refractivity (Wildman–Crippen MR) is 78.9 cm³/mol. The number of nitrogens with two attached hydrogens (primary N) is 1. The van der Waals surface area contributed by atoms with Gasteiger partial charge in [0.1, 0.15) is 5.76 Å². The van der Waals surface area contributed by atoms with Crippen LogP contribution >= 0.6 is 0 Å². The maximum absolute atomic E-state index is 6.19. The zero-order valence-electron chi connectivity index (χ0n) is 12.7. The Bertz CT molecular complexity index is 373. The summed E-state index contributed by atoms with van der Waals surface area (Å²) < 4.78 is 5.59. The molecule has 0 saturated heterocycles. The minimum absolute atomic E-state index is 0.0751. The van der Waals surface area contributed by atoms with Crippen molar-refractivity contribution in [3.05, 3.63) is 24.2 Å². The summed E-state index contributed by atoms with van der Waals surface area (Å²) in [7, 11) is 2.19. The number of rotatable bonds is 4. The van der Waals surface area contributed by atoms with Gasteiger partial charge >= 0.3 is 0 Å². The number of likely N-dealkylation sites (N-methyl/N-ethyl adjacent to an activating group) is 1. The van der Waals surface area contributed by atoms with Crippen LogP contribution in [-0.2, 0) is 0 Å². The van der Waals surface area contributed by atoms with Gasteiger partial charge in [-0.25, -0.2) is 0 Å². The fraction of sp³-hybridized carbons (Fsp3) is 0.750. The van der Waals surface area contributed by atoms with Crippen LogP contribution in [0.2, 0.25) is 0 Å². The van der Waals surface area contributed by atoms with E-state index < -0.39 is 0 Å². The summed E-state index contributed by atoms with van der Waals surface area (Å²) in [6.45, 7) is 6.81. The molecule has 2 rings (SSSR count). The highest BCUT2D eigenvalue weighted by Crippen LogP contribution is 2.39. The molecule has 1 heterocycles. The second-order valence-corrected chi connectivity index (χ2v) is 6.88. The zero-order valence-corrected chi connectivity index (χ0v) is 12.7. The monoisotopic (exact) mass is 264 g/mol. The van der Waals surface area contributed by atoms with Crippen molar-refractivity contribution in [1.82, 2.24) is 4.90 Å². The molecule has 3 nitrogen and oxygen atoms in total. The van der Waals surface area contributed by atoms with Crippen LogP contribution < -0.4 is 5.73 Å². The van der Waals surface area contributed by atoms with Crippen molar-refractivity contribution in [3.8, 4) is 0 Å². The predicted octanol–water partition coefficient (Wildman–Crippen LogP) is 3.57. The Balaban J connectivity index is 2.07. The van der Waals surface area contributed by atoms with E-state index in [1.54, 1.807) is 6.26 Å². The van der Waals surface area contributed by atoms with Crippen LogP contribution in [0.25, 0.3) is 0 Å². The molecule has 0 aliphatic heterocycles. The molecule has 1 aliphatic rings. The van der Waals surface area contributed by atoms with E-state index in [0.717, 1.165) is 5.76 Å². The first-order valence-corrected chi connectivity index (χ1v) is 7.42. The van der Waals surface area contributed by atoms with Crippen LogP contribution in [0.3, 0.4) is 0 Å². The lowest BCUT2D eigenvalue weighted by atomic mass is 9.75. The van der Waals surface area contributed by atoms with Gasteiger partial charge in [0, 0.05) is 12.1 Å². The van der Waals surface area contributed by atoms with Crippen LogP contribution in [-0.4, -0.2) is 24.0 Å². The molecule has 0 aromatic carbocycles. The molecule has 3 heteroatoms. The Morgan fingerprint density at radius 3 is 2.47 bits per heavy atom. The highest BCUT2D eigenvalue weighted by atomic mass is 16.3. The topological polar surface area (TPSA) is 42.4 Å². The van der Waals surface area contributed by atoms with Crippen LogP contribution in [0.4, 0.5) is 0 Å². The summed E-state index contributed by atoms with van der Waals surface area (Å²) in [5.41, 5.74) is 6.69. The van der Waals surface area contributed by atoms with E-state index in [9.17, 15) is 0 Å². The van der Waals surface area contributed by atoms with Crippen molar-refractivity contribution in [1.29, 1.82) is 0 Å². The molecule has 2 unspecified atom stereocenters. The maximum atomic E-state index is 6.19. The second-order valence-electron chi connectivity index (χ2n) is 6.88. The van der Waals surface area contributed by atoms with Gasteiger partial charge < -0.3 is 10.2 Å². The van der Waals surface area contributed by atoms with E-state index in [-0.39, 0.29) is 12.1 Å². The molecular formula is C16H28N2O. The minimum atomic E-state index is 0.0751. The lowest BCUT2D eigenvalue weighted by Gasteiger charge is -2.42. The Hall–Kier alpha value is -0.800. The summed E-state index contributed by atoms with van der Waals surface area (Å²) in [6, 6.07) is 4.86. The summed E-state index contributed by atoms with van der Waals surface area (Å²) in [5, 5.41) is 0. The molecule has 1 saturated carbocycles. The van der Waals surface area contributed by atoms with Gasteiger partial charge in [0.25, 0.3) is 0 Å². The average molecular weight is 264 g/mol. The van der Waals surface area contributed by atoms with Gasteiger partial charge in [0.2, 0.25) is 0 Å². The van der Waals surface area contributed by atoms with Crippen LogP contribution in [0, 0.1) is 5.41 Å². The number of hydrogen-bond acceptors (Lipinski definition) is 3. The van der Waals surface area contributed by atoms with Crippen molar-refractivity contribution in [2.45, 2.75) is 64.6 Å². The van der Waals surface area contributed by atoms with E-state index in [1.807, 2.05) is 12.1 Å². The number of nitrogens with zero attached hydrogens (tertiary/aromatic N) is 1. The SMILES string of the molecule is CC(N)C(c1ccco1)N(C)C1CCC(C)(C)CC1. The van der Waals surface area contributed by atoms with Crippen molar-refractivity contribution < 1.29 is 4.42 Å². The standard InChI is InChI=1S/C16H28N2O/c1-12(17)15(14-6-5-11-19-14)18(4)13-7-9-16(2,3)10-8-13/h5-6,11-13,15H,7-10,17H2,1-4H3. The second kappa shape index (κ2) is 5.68. The molecular weight excluding hydrogens is 236 g/mol. The van der Waals surface area contributed by atoms with E-state index in [4.69, 9.17) is 10.2 Å². The number of furan rings is 1. The van der Waals surface area contributed by atoms with Crippen molar-refractivity contribution in [2.24, 2.45) is 11.1 Å². The summed E-state index contributed by atoms with van der Waals surface area (Å²) in [4.78, 5) is 2.43.